The number of nitrogens with one attached hydrogen (secondary N) is 1. The Morgan fingerprint density at radius 1 is 1.16 bits per heavy atom. The summed E-state index contributed by atoms with van der Waals surface area (Å²) in [6, 6.07) is 11.9. The van der Waals surface area contributed by atoms with Gasteiger partial charge in [0, 0.05) is 13.1 Å². The summed E-state index contributed by atoms with van der Waals surface area (Å²) in [5, 5.41) is 2.67. The van der Waals surface area contributed by atoms with Crippen molar-refractivity contribution in [3.05, 3.63) is 59.7 Å². The molecule has 1 N–H and O–H groups in total. The van der Waals surface area contributed by atoms with Gasteiger partial charge in [0.05, 0.1) is 12.7 Å². The number of ether oxygens (including phenoxy) is 1. The zero-order valence-corrected chi connectivity index (χ0v) is 18.9. The molecular formula is C22H25N3O6S. The van der Waals surface area contributed by atoms with Gasteiger partial charge in [-0.25, -0.2) is 12.7 Å². The van der Waals surface area contributed by atoms with E-state index in [0.717, 1.165) is 0 Å². The average Bonchev–Trinajstić information content (AvgIpc) is 2.98. The predicted molar refractivity (Wildman–Crippen MR) is 116 cm³/mol. The number of nitrogens with zero attached hydrogens (tertiary/aromatic N) is 2. The molecule has 0 bridgehead atoms. The van der Waals surface area contributed by atoms with Crippen LogP contribution in [0.1, 0.15) is 29.8 Å². The Morgan fingerprint density at radius 2 is 1.88 bits per heavy atom. The second-order valence-electron chi connectivity index (χ2n) is 7.26. The summed E-state index contributed by atoms with van der Waals surface area (Å²) in [5.74, 6) is -1.24. The van der Waals surface area contributed by atoms with E-state index in [9.17, 15) is 22.8 Å². The fourth-order valence-electron chi connectivity index (χ4n) is 3.47. The number of benzene rings is 2. The van der Waals surface area contributed by atoms with Crippen LogP contribution in [0.3, 0.4) is 0 Å². The van der Waals surface area contributed by atoms with E-state index in [1.807, 2.05) is 0 Å². The van der Waals surface area contributed by atoms with Gasteiger partial charge in [-0.05, 0) is 43.7 Å². The number of hydrogen-bond donors (Lipinski definition) is 1. The van der Waals surface area contributed by atoms with E-state index < -0.39 is 34.4 Å². The average molecular weight is 460 g/mol. The van der Waals surface area contributed by atoms with Gasteiger partial charge in [0.25, 0.3) is 15.9 Å². The molecule has 1 atom stereocenters. The van der Waals surface area contributed by atoms with Crippen LogP contribution >= 0.6 is 0 Å². The minimum absolute atomic E-state index is 0.0245. The van der Waals surface area contributed by atoms with E-state index in [1.54, 1.807) is 44.2 Å². The summed E-state index contributed by atoms with van der Waals surface area (Å²) < 4.78 is 31.5. The van der Waals surface area contributed by atoms with Crippen LogP contribution in [0.15, 0.2) is 53.4 Å². The molecule has 0 saturated carbocycles. The lowest BCUT2D eigenvalue weighted by Crippen LogP contribution is -2.51. The second-order valence-corrected chi connectivity index (χ2v) is 9.09. The number of hydrogen-bond acceptors (Lipinski definition) is 6. The van der Waals surface area contributed by atoms with Crippen molar-refractivity contribution in [2.45, 2.75) is 31.3 Å². The molecule has 0 unspecified atom stereocenters. The summed E-state index contributed by atoms with van der Waals surface area (Å²) in [6.45, 7) is 3.01. The smallest absolute Gasteiger partial charge is 0.269 e. The number of rotatable bonds is 8. The second kappa shape index (κ2) is 9.39. The Bertz CT molecular complexity index is 1150. The van der Waals surface area contributed by atoms with Gasteiger partial charge < -0.3 is 15.0 Å². The molecule has 0 saturated heterocycles. The Hall–Kier alpha value is -3.40. The van der Waals surface area contributed by atoms with Gasteiger partial charge in [-0.1, -0.05) is 24.3 Å². The van der Waals surface area contributed by atoms with Crippen LogP contribution in [-0.2, 0) is 26.2 Å². The molecule has 2 aromatic rings. The normalized spacial score (nSPS) is 15.1. The van der Waals surface area contributed by atoms with Gasteiger partial charge in [0.1, 0.15) is 23.2 Å². The van der Waals surface area contributed by atoms with Crippen LogP contribution in [-0.4, -0.2) is 61.6 Å². The molecule has 9 nitrogen and oxygen atoms in total. The maximum atomic E-state index is 13.2. The molecule has 3 rings (SSSR count). The topological polar surface area (TPSA) is 113 Å². The molecule has 0 aliphatic carbocycles. The van der Waals surface area contributed by atoms with Crippen molar-refractivity contribution in [1.82, 2.24) is 14.5 Å². The number of carbonyl (C=O) groups is 3. The molecule has 170 valence electrons. The van der Waals surface area contributed by atoms with E-state index in [2.05, 4.69) is 5.32 Å². The van der Waals surface area contributed by atoms with E-state index in [4.69, 9.17) is 4.74 Å². The van der Waals surface area contributed by atoms with Gasteiger partial charge >= 0.3 is 0 Å². The number of amides is 3. The highest BCUT2D eigenvalue weighted by atomic mass is 32.2. The third kappa shape index (κ3) is 4.45. The van der Waals surface area contributed by atoms with Gasteiger partial charge in [0.2, 0.25) is 11.8 Å². The summed E-state index contributed by atoms with van der Waals surface area (Å²) in [4.78, 5) is 39.6. The van der Waals surface area contributed by atoms with Crippen molar-refractivity contribution in [3.63, 3.8) is 0 Å². The molecule has 0 fully saturated rings. The fraction of sp³-hybridized carbons (Fsp3) is 0.318. The van der Waals surface area contributed by atoms with E-state index >= 15 is 0 Å². The maximum Gasteiger partial charge on any atom is 0.269 e. The van der Waals surface area contributed by atoms with Gasteiger partial charge in [-0.2, -0.15) is 0 Å². The first-order valence-electron chi connectivity index (χ1n) is 10.1. The Balaban J connectivity index is 1.90. The third-order valence-corrected chi connectivity index (χ3v) is 6.98. The number of fused-ring (bicyclic) bond motifs is 1. The van der Waals surface area contributed by atoms with Crippen LogP contribution in [0, 0.1) is 0 Å². The molecule has 32 heavy (non-hydrogen) atoms. The summed E-state index contributed by atoms with van der Waals surface area (Å²) in [7, 11) is -2.63. The van der Waals surface area contributed by atoms with Crippen molar-refractivity contribution in [2.24, 2.45) is 0 Å². The summed E-state index contributed by atoms with van der Waals surface area (Å²) >= 11 is 0. The molecule has 1 aliphatic heterocycles. The standard InChI is InChI=1S/C22H25N3O6S/c1-4-23-21(27)15(2)24(13-16-8-7-9-17(12-16)31-3)20(26)14-25-22(28)18-10-5-6-11-19(18)32(25,29)30/h5-12,15H,4,13-14H2,1-3H3,(H,23,27)/t15-/m1/s1. The van der Waals surface area contributed by atoms with E-state index in [-0.39, 0.29) is 22.9 Å². The van der Waals surface area contributed by atoms with Crippen LogP contribution in [0.5, 0.6) is 5.75 Å². The van der Waals surface area contributed by atoms with Gasteiger partial charge in [-0.3, -0.25) is 14.4 Å². The quantitative estimate of drug-likeness (QED) is 0.638. The molecular weight excluding hydrogens is 434 g/mol. The molecule has 1 aliphatic rings. The first-order valence-corrected chi connectivity index (χ1v) is 11.5. The van der Waals surface area contributed by atoms with Gasteiger partial charge in [-0.15, -0.1) is 0 Å². The number of likely N-dealkylation sites (N-methyl/N-ethyl adjacent to an activating group) is 1. The van der Waals surface area contributed by atoms with E-state index in [1.165, 1.54) is 30.2 Å². The zero-order valence-electron chi connectivity index (χ0n) is 18.1. The largest absolute Gasteiger partial charge is 0.497 e. The highest BCUT2D eigenvalue weighted by molar-refractivity contribution is 7.90. The highest BCUT2D eigenvalue weighted by Crippen LogP contribution is 2.30. The minimum Gasteiger partial charge on any atom is -0.497 e. The number of sulfonamides is 1. The molecule has 0 spiro atoms. The lowest BCUT2D eigenvalue weighted by Gasteiger charge is -2.30. The van der Waals surface area contributed by atoms with Crippen molar-refractivity contribution in [1.29, 1.82) is 0 Å². The van der Waals surface area contributed by atoms with E-state index in [0.29, 0.717) is 22.2 Å². The first-order chi connectivity index (χ1) is 15.2. The van der Waals surface area contributed by atoms with Gasteiger partial charge in [0.15, 0.2) is 0 Å². The minimum atomic E-state index is -4.15. The lowest BCUT2D eigenvalue weighted by molar-refractivity contribution is -0.140. The van der Waals surface area contributed by atoms with Crippen LogP contribution < -0.4 is 10.1 Å². The van der Waals surface area contributed by atoms with Crippen LogP contribution in [0.25, 0.3) is 0 Å². The molecule has 2 aromatic carbocycles. The van der Waals surface area contributed by atoms with Crippen molar-refractivity contribution >= 4 is 27.7 Å². The Labute approximate surface area is 187 Å². The van der Waals surface area contributed by atoms with Crippen molar-refractivity contribution in [3.8, 4) is 5.75 Å². The summed E-state index contributed by atoms with van der Waals surface area (Å²) in [6.07, 6.45) is 0. The Kier molecular flexibility index (Phi) is 6.83. The van der Waals surface area contributed by atoms with Crippen LogP contribution in [0.4, 0.5) is 0 Å². The number of methoxy groups -OCH3 is 1. The van der Waals surface area contributed by atoms with Crippen molar-refractivity contribution < 1.29 is 27.5 Å². The Morgan fingerprint density at radius 3 is 2.53 bits per heavy atom. The molecule has 3 amide bonds. The first kappa shape index (κ1) is 23.3. The summed E-state index contributed by atoms with van der Waals surface area (Å²) in [5.41, 5.74) is 0.712. The predicted octanol–water partition coefficient (Wildman–Crippen LogP) is 1.39. The highest BCUT2D eigenvalue weighted by Gasteiger charge is 2.43. The SMILES string of the molecule is CCNC(=O)[C@@H](C)N(Cc1cccc(OC)c1)C(=O)CN1C(=O)c2ccccc2S1(=O)=O. The van der Waals surface area contributed by atoms with Crippen LogP contribution in [0.2, 0.25) is 0 Å². The molecule has 1 heterocycles. The monoisotopic (exact) mass is 459 g/mol. The fourth-order valence-corrected chi connectivity index (χ4v) is 4.99. The molecule has 0 radical (unpaired) electrons. The molecule has 0 aromatic heterocycles. The number of carbonyl (C=O) groups excluding carboxylic acids is 3. The third-order valence-electron chi connectivity index (χ3n) is 5.20. The van der Waals surface area contributed by atoms with Crippen molar-refractivity contribution in [2.75, 3.05) is 20.2 Å². The zero-order chi connectivity index (χ0) is 23.5. The molecule has 10 heteroatoms. The lowest BCUT2D eigenvalue weighted by atomic mass is 10.1. The maximum absolute atomic E-state index is 13.2.